The van der Waals surface area contributed by atoms with E-state index < -0.39 is 0 Å². The Morgan fingerprint density at radius 2 is 0.875 bits per heavy atom. The number of aryl methyl sites for hydroxylation is 2. The van der Waals surface area contributed by atoms with Gasteiger partial charge in [-0.15, -0.1) is 0 Å². The molecule has 5 heteroatoms. The van der Waals surface area contributed by atoms with Crippen molar-refractivity contribution >= 4 is 22.1 Å². The zero-order valence-corrected chi connectivity index (χ0v) is 24.5. The van der Waals surface area contributed by atoms with Gasteiger partial charge < -0.3 is 9.13 Å². The summed E-state index contributed by atoms with van der Waals surface area (Å²) in [5.41, 5.74) is 6.27. The minimum atomic E-state index is 0.915. The zero-order valence-electron chi connectivity index (χ0n) is 24.5. The molecule has 0 spiro atoms. The highest BCUT2D eigenvalue weighted by molar-refractivity contribution is 5.82. The number of rotatable bonds is 16. The molecule has 0 saturated carbocycles. The van der Waals surface area contributed by atoms with Crippen molar-refractivity contribution in [3.05, 3.63) is 66.7 Å². The lowest BCUT2D eigenvalue weighted by atomic mass is 10.1. The molecule has 0 unspecified atom stereocenters. The average Bonchev–Trinajstić information content (AvgIpc) is 3.55. The van der Waals surface area contributed by atoms with Gasteiger partial charge in [0.05, 0.1) is 22.1 Å². The molecule has 0 amide bonds. The Morgan fingerprint density at radius 1 is 0.450 bits per heavy atom. The van der Waals surface area contributed by atoms with Crippen molar-refractivity contribution < 1.29 is 0 Å². The molecule has 0 bridgehead atoms. The quantitative estimate of drug-likeness (QED) is 0.118. The summed E-state index contributed by atoms with van der Waals surface area (Å²) in [5.74, 6) is 1.91. The van der Waals surface area contributed by atoms with Gasteiger partial charge in [0.25, 0.3) is 0 Å². The number of para-hydroxylation sites is 4. The number of hydrogen-bond donors (Lipinski definition) is 0. The van der Waals surface area contributed by atoms with E-state index in [1.54, 1.807) is 0 Å². The summed E-state index contributed by atoms with van der Waals surface area (Å²) in [5, 5.41) is 0. The first-order valence-corrected chi connectivity index (χ1v) is 15.7. The van der Waals surface area contributed by atoms with Crippen LogP contribution in [0.15, 0.2) is 66.7 Å². The number of benzene rings is 2. The highest BCUT2D eigenvalue weighted by atomic mass is 15.1. The van der Waals surface area contributed by atoms with Gasteiger partial charge in [-0.3, -0.25) is 0 Å². The molecule has 5 nitrogen and oxygen atoms in total. The average molecular weight is 536 g/mol. The van der Waals surface area contributed by atoms with E-state index in [1.807, 2.05) is 0 Å². The molecule has 0 fully saturated rings. The Balaban J connectivity index is 1.43. The summed E-state index contributed by atoms with van der Waals surface area (Å²) in [6.07, 6.45) is 15.3. The number of pyridine rings is 1. The Morgan fingerprint density at radius 3 is 1.35 bits per heavy atom. The summed E-state index contributed by atoms with van der Waals surface area (Å²) >= 11 is 0. The van der Waals surface area contributed by atoms with Gasteiger partial charge >= 0.3 is 0 Å². The molecule has 40 heavy (non-hydrogen) atoms. The van der Waals surface area contributed by atoms with E-state index in [4.69, 9.17) is 15.0 Å². The molecular formula is C35H45N5. The monoisotopic (exact) mass is 535 g/mol. The van der Waals surface area contributed by atoms with Crippen LogP contribution in [0.1, 0.15) is 90.9 Å². The van der Waals surface area contributed by atoms with Crippen LogP contribution in [0.4, 0.5) is 0 Å². The maximum atomic E-state index is 5.20. The minimum Gasteiger partial charge on any atom is -0.323 e. The normalized spacial score (nSPS) is 11.7. The molecule has 0 aliphatic carbocycles. The van der Waals surface area contributed by atoms with Crippen LogP contribution in [-0.4, -0.2) is 24.1 Å². The van der Waals surface area contributed by atoms with E-state index in [0.717, 1.165) is 60.0 Å². The van der Waals surface area contributed by atoms with Gasteiger partial charge in [-0.05, 0) is 49.2 Å². The van der Waals surface area contributed by atoms with E-state index in [9.17, 15) is 0 Å². The van der Waals surface area contributed by atoms with Gasteiger partial charge in [0.2, 0.25) is 0 Å². The fourth-order valence-electron chi connectivity index (χ4n) is 5.78. The van der Waals surface area contributed by atoms with Crippen molar-refractivity contribution in [1.82, 2.24) is 24.1 Å². The largest absolute Gasteiger partial charge is 0.323 e. The molecule has 0 aliphatic rings. The lowest BCUT2D eigenvalue weighted by Gasteiger charge is -2.11. The summed E-state index contributed by atoms with van der Waals surface area (Å²) in [4.78, 5) is 15.3. The first kappa shape index (κ1) is 28.1. The van der Waals surface area contributed by atoms with Crippen LogP contribution in [0.3, 0.4) is 0 Å². The third-order valence-electron chi connectivity index (χ3n) is 7.99. The molecule has 0 N–H and O–H groups in total. The van der Waals surface area contributed by atoms with E-state index in [-0.39, 0.29) is 0 Å². The molecule has 3 heterocycles. The first-order valence-electron chi connectivity index (χ1n) is 15.7. The molecule has 210 valence electrons. The maximum Gasteiger partial charge on any atom is 0.159 e. The van der Waals surface area contributed by atoms with Crippen molar-refractivity contribution in [2.24, 2.45) is 0 Å². The molecule has 2 aromatic carbocycles. The van der Waals surface area contributed by atoms with Crippen LogP contribution in [-0.2, 0) is 13.1 Å². The second kappa shape index (κ2) is 14.2. The lowest BCUT2D eigenvalue weighted by Crippen LogP contribution is -2.04. The third-order valence-corrected chi connectivity index (χ3v) is 7.99. The predicted octanol–water partition coefficient (Wildman–Crippen LogP) is 9.84. The lowest BCUT2D eigenvalue weighted by molar-refractivity contribution is 0.565. The van der Waals surface area contributed by atoms with E-state index >= 15 is 0 Å². The van der Waals surface area contributed by atoms with Crippen molar-refractivity contribution in [2.75, 3.05) is 0 Å². The molecular weight excluding hydrogens is 490 g/mol. The second-order valence-electron chi connectivity index (χ2n) is 11.1. The zero-order chi connectivity index (χ0) is 27.6. The van der Waals surface area contributed by atoms with Gasteiger partial charge in [0.1, 0.15) is 11.4 Å². The Kier molecular flexibility index (Phi) is 10.00. The number of fused-ring (bicyclic) bond motifs is 2. The number of nitrogens with zero attached hydrogens (tertiary/aromatic N) is 5. The molecule has 0 saturated heterocycles. The van der Waals surface area contributed by atoms with Crippen molar-refractivity contribution in [3.8, 4) is 23.0 Å². The van der Waals surface area contributed by atoms with Crippen LogP contribution in [0.25, 0.3) is 45.1 Å². The summed E-state index contributed by atoms with van der Waals surface area (Å²) in [6.45, 7) is 6.47. The number of imidazole rings is 2. The summed E-state index contributed by atoms with van der Waals surface area (Å²) in [6, 6.07) is 23.3. The summed E-state index contributed by atoms with van der Waals surface area (Å²) in [7, 11) is 0. The summed E-state index contributed by atoms with van der Waals surface area (Å²) < 4.78 is 4.75. The maximum absolute atomic E-state index is 5.20. The first-order chi connectivity index (χ1) is 19.8. The van der Waals surface area contributed by atoms with E-state index in [1.165, 1.54) is 75.2 Å². The standard InChI is InChI=1S/C35H45N5/c1-3-5-7-9-11-17-26-39-32-24-15-13-20-28(32)37-34(39)30-22-19-23-31(36-30)35-38-29-21-14-16-25-33(29)40(35)27-18-12-10-8-6-4-2/h13-16,19-25H,3-12,17-18,26-27H2,1-2H3. The van der Waals surface area contributed by atoms with Crippen LogP contribution >= 0.6 is 0 Å². The molecule has 5 aromatic rings. The minimum absolute atomic E-state index is 0.915. The fourth-order valence-corrected chi connectivity index (χ4v) is 5.78. The molecule has 0 atom stereocenters. The van der Waals surface area contributed by atoms with Crippen molar-refractivity contribution in [1.29, 1.82) is 0 Å². The smallest absolute Gasteiger partial charge is 0.159 e. The van der Waals surface area contributed by atoms with Crippen molar-refractivity contribution in [2.45, 2.75) is 104 Å². The van der Waals surface area contributed by atoms with Gasteiger partial charge in [-0.2, -0.15) is 0 Å². The van der Waals surface area contributed by atoms with Gasteiger partial charge in [-0.25, -0.2) is 15.0 Å². The Labute approximate surface area is 239 Å². The van der Waals surface area contributed by atoms with E-state index in [0.29, 0.717) is 0 Å². The predicted molar refractivity (Wildman–Crippen MR) is 168 cm³/mol. The highest BCUT2D eigenvalue weighted by Gasteiger charge is 2.17. The SMILES string of the molecule is CCCCCCCCn1c(-c2cccc(-c3nc4ccccc4n3CCCCCCCC)n2)nc2ccccc21. The van der Waals surface area contributed by atoms with Gasteiger partial charge in [0.15, 0.2) is 11.6 Å². The Bertz CT molecular complexity index is 1390. The topological polar surface area (TPSA) is 48.5 Å². The number of hydrogen-bond acceptors (Lipinski definition) is 3. The fraction of sp³-hybridized carbons (Fsp3) is 0.457. The number of aromatic nitrogens is 5. The van der Waals surface area contributed by atoms with Gasteiger partial charge in [-0.1, -0.05) is 108 Å². The van der Waals surface area contributed by atoms with Crippen LogP contribution in [0.2, 0.25) is 0 Å². The highest BCUT2D eigenvalue weighted by Crippen LogP contribution is 2.29. The second-order valence-corrected chi connectivity index (χ2v) is 11.1. The van der Waals surface area contributed by atoms with Crippen LogP contribution < -0.4 is 0 Å². The number of unbranched alkanes of at least 4 members (excludes halogenated alkanes) is 10. The Hall–Kier alpha value is -3.47. The molecule has 0 radical (unpaired) electrons. The van der Waals surface area contributed by atoms with Gasteiger partial charge in [0, 0.05) is 13.1 Å². The molecule has 0 aliphatic heterocycles. The third kappa shape index (κ3) is 6.63. The van der Waals surface area contributed by atoms with Crippen LogP contribution in [0, 0.1) is 0 Å². The van der Waals surface area contributed by atoms with E-state index in [2.05, 4.69) is 89.7 Å². The molecule has 5 rings (SSSR count). The molecule has 3 aromatic heterocycles. The van der Waals surface area contributed by atoms with Crippen molar-refractivity contribution in [3.63, 3.8) is 0 Å². The van der Waals surface area contributed by atoms with Crippen LogP contribution in [0.5, 0.6) is 0 Å².